The maximum absolute atomic E-state index is 12.6. The van der Waals surface area contributed by atoms with Crippen LogP contribution in [0.2, 0.25) is 0 Å². The van der Waals surface area contributed by atoms with Crippen molar-refractivity contribution >= 4 is 55.0 Å². The summed E-state index contributed by atoms with van der Waals surface area (Å²) in [5.74, 6) is -0.0420. The van der Waals surface area contributed by atoms with Gasteiger partial charge in [0.2, 0.25) is 0 Å². The lowest BCUT2D eigenvalue weighted by Gasteiger charge is -2.09. The van der Waals surface area contributed by atoms with Gasteiger partial charge in [0.15, 0.2) is 11.7 Å². The molecule has 0 unspecified atom stereocenters. The summed E-state index contributed by atoms with van der Waals surface area (Å²) in [6, 6.07) is 20.1. The van der Waals surface area contributed by atoms with Gasteiger partial charge in [-0.3, -0.25) is 19.9 Å². The molecule has 3 aromatic carbocycles. The number of fused-ring (bicyclic) bond motifs is 2. The van der Waals surface area contributed by atoms with Gasteiger partial charge in [-0.05, 0) is 72.5 Å². The zero-order valence-electron chi connectivity index (χ0n) is 18.2. The number of aryl methyl sites for hydroxylation is 1. The van der Waals surface area contributed by atoms with Crippen LogP contribution in [0.1, 0.15) is 15.9 Å². The van der Waals surface area contributed by atoms with E-state index < -0.39 is 0 Å². The number of carbonyl (C=O) groups excluding carboxylic acids is 2. The van der Waals surface area contributed by atoms with Gasteiger partial charge in [-0.2, -0.15) is 0 Å². The molecule has 34 heavy (non-hydrogen) atoms. The largest absolute Gasteiger partial charge is 0.484 e. The fraction of sp³-hybridized carbons (Fsp3) is 0.0769. The molecule has 0 atom stereocenters. The standard InChI is InChI=1S/C26H20N4O3S/c1-16-2-9-22-23(12-16)34-26(29-22)30-25(32)17-4-7-21(8-5-17)33-15-24(31)28-20-6-3-19-14-27-11-10-18(19)13-20/h2-14H,15H2,1H3,(H,28,31)(H,29,30,32). The molecule has 168 valence electrons. The molecule has 2 aromatic heterocycles. The van der Waals surface area contributed by atoms with E-state index in [-0.39, 0.29) is 18.4 Å². The van der Waals surface area contributed by atoms with Gasteiger partial charge in [0.25, 0.3) is 11.8 Å². The van der Waals surface area contributed by atoms with Crippen molar-refractivity contribution in [2.45, 2.75) is 6.92 Å². The van der Waals surface area contributed by atoms with Crippen LogP contribution < -0.4 is 15.4 Å². The fourth-order valence-corrected chi connectivity index (χ4v) is 4.42. The number of rotatable bonds is 6. The minimum Gasteiger partial charge on any atom is -0.484 e. The van der Waals surface area contributed by atoms with Crippen LogP contribution in [0.4, 0.5) is 10.8 Å². The number of anilines is 2. The van der Waals surface area contributed by atoms with Crippen molar-refractivity contribution in [2.24, 2.45) is 0 Å². The number of benzene rings is 3. The Morgan fingerprint density at radius 1 is 0.941 bits per heavy atom. The summed E-state index contributed by atoms with van der Waals surface area (Å²) in [7, 11) is 0. The van der Waals surface area contributed by atoms with Gasteiger partial charge < -0.3 is 10.1 Å². The SMILES string of the molecule is Cc1ccc2nc(NC(=O)c3ccc(OCC(=O)Nc4ccc5cnccc5c4)cc3)sc2c1. The zero-order chi connectivity index (χ0) is 23.5. The van der Waals surface area contributed by atoms with Crippen LogP contribution in [-0.2, 0) is 4.79 Å². The highest BCUT2D eigenvalue weighted by Crippen LogP contribution is 2.27. The van der Waals surface area contributed by atoms with Crippen LogP contribution in [-0.4, -0.2) is 28.4 Å². The predicted molar refractivity (Wildman–Crippen MR) is 135 cm³/mol. The van der Waals surface area contributed by atoms with Crippen molar-refractivity contribution in [1.29, 1.82) is 0 Å². The van der Waals surface area contributed by atoms with E-state index in [4.69, 9.17) is 4.74 Å². The molecule has 5 rings (SSSR count). The smallest absolute Gasteiger partial charge is 0.262 e. The van der Waals surface area contributed by atoms with Crippen LogP contribution in [0.3, 0.4) is 0 Å². The average Bonchev–Trinajstić information content (AvgIpc) is 3.24. The van der Waals surface area contributed by atoms with Crippen molar-refractivity contribution in [3.63, 3.8) is 0 Å². The minimum atomic E-state index is -0.277. The molecule has 0 fully saturated rings. The van der Waals surface area contributed by atoms with Crippen molar-refractivity contribution < 1.29 is 14.3 Å². The third kappa shape index (κ3) is 4.87. The van der Waals surface area contributed by atoms with E-state index in [9.17, 15) is 9.59 Å². The number of carbonyl (C=O) groups is 2. The van der Waals surface area contributed by atoms with Crippen molar-refractivity contribution in [2.75, 3.05) is 17.2 Å². The molecular weight excluding hydrogens is 448 g/mol. The Labute approximate surface area is 199 Å². The molecule has 0 aliphatic rings. The molecule has 0 aliphatic carbocycles. The summed E-state index contributed by atoms with van der Waals surface area (Å²) in [5.41, 5.74) is 3.16. The Bertz CT molecular complexity index is 1510. The van der Waals surface area contributed by atoms with Crippen molar-refractivity contribution in [3.05, 3.63) is 90.3 Å². The number of nitrogens with one attached hydrogen (secondary N) is 2. The third-order valence-electron chi connectivity index (χ3n) is 5.18. The molecule has 0 spiro atoms. The zero-order valence-corrected chi connectivity index (χ0v) is 19.1. The first-order valence-corrected chi connectivity index (χ1v) is 11.4. The van der Waals surface area contributed by atoms with Gasteiger partial charge in [0, 0.05) is 29.0 Å². The minimum absolute atomic E-state index is 0.148. The summed E-state index contributed by atoms with van der Waals surface area (Å²) in [6.07, 6.45) is 3.48. The molecule has 0 saturated carbocycles. The van der Waals surface area contributed by atoms with Crippen LogP contribution in [0.5, 0.6) is 5.75 Å². The molecule has 2 heterocycles. The number of nitrogens with zero attached hydrogens (tertiary/aromatic N) is 2. The van der Waals surface area contributed by atoms with E-state index in [2.05, 4.69) is 20.6 Å². The van der Waals surface area contributed by atoms with Gasteiger partial charge in [0.05, 0.1) is 10.2 Å². The van der Waals surface area contributed by atoms with Gasteiger partial charge in [-0.25, -0.2) is 4.98 Å². The Kier molecular flexibility index (Phi) is 5.88. The van der Waals surface area contributed by atoms with Crippen molar-refractivity contribution in [3.8, 4) is 5.75 Å². The summed E-state index contributed by atoms with van der Waals surface area (Å²) in [4.78, 5) is 33.4. The van der Waals surface area contributed by atoms with Crippen molar-refractivity contribution in [1.82, 2.24) is 9.97 Å². The topological polar surface area (TPSA) is 93.2 Å². The molecule has 2 N–H and O–H groups in total. The molecule has 8 heteroatoms. The number of aromatic nitrogens is 2. The Balaban J connectivity index is 1.16. The lowest BCUT2D eigenvalue weighted by molar-refractivity contribution is -0.118. The number of amides is 2. The lowest BCUT2D eigenvalue weighted by atomic mass is 10.1. The molecule has 2 amide bonds. The summed E-state index contributed by atoms with van der Waals surface area (Å²) >= 11 is 1.43. The van der Waals surface area contributed by atoms with Gasteiger partial charge in [-0.1, -0.05) is 23.5 Å². The highest BCUT2D eigenvalue weighted by atomic mass is 32.1. The van der Waals surface area contributed by atoms with E-state index in [0.717, 1.165) is 26.6 Å². The van der Waals surface area contributed by atoms with E-state index >= 15 is 0 Å². The van der Waals surface area contributed by atoms with E-state index in [1.54, 1.807) is 36.7 Å². The van der Waals surface area contributed by atoms with Crippen LogP contribution in [0.25, 0.3) is 21.0 Å². The maximum Gasteiger partial charge on any atom is 0.262 e. The fourth-order valence-electron chi connectivity index (χ4n) is 3.46. The Morgan fingerprint density at radius 2 is 1.79 bits per heavy atom. The summed E-state index contributed by atoms with van der Waals surface area (Å²) in [5, 5.41) is 8.19. The average molecular weight is 469 g/mol. The summed E-state index contributed by atoms with van der Waals surface area (Å²) < 4.78 is 6.59. The van der Waals surface area contributed by atoms with Gasteiger partial charge in [0.1, 0.15) is 5.75 Å². The number of pyridine rings is 1. The van der Waals surface area contributed by atoms with Crippen LogP contribution >= 0.6 is 11.3 Å². The van der Waals surface area contributed by atoms with Crippen LogP contribution in [0, 0.1) is 6.92 Å². The summed E-state index contributed by atoms with van der Waals surface area (Å²) in [6.45, 7) is 1.87. The lowest BCUT2D eigenvalue weighted by Crippen LogP contribution is -2.20. The number of thiazole rings is 1. The molecular formula is C26H20N4O3S. The number of hydrogen-bond donors (Lipinski definition) is 2. The Morgan fingerprint density at radius 3 is 2.65 bits per heavy atom. The molecule has 0 aliphatic heterocycles. The second-order valence-corrected chi connectivity index (χ2v) is 8.77. The second-order valence-electron chi connectivity index (χ2n) is 7.74. The quantitative estimate of drug-likeness (QED) is 0.347. The molecule has 0 radical (unpaired) electrons. The number of ether oxygens (including phenoxy) is 1. The maximum atomic E-state index is 12.6. The highest BCUT2D eigenvalue weighted by molar-refractivity contribution is 7.22. The predicted octanol–water partition coefficient (Wildman–Crippen LogP) is 5.42. The van der Waals surface area contributed by atoms with E-state index in [0.29, 0.717) is 22.1 Å². The van der Waals surface area contributed by atoms with Gasteiger partial charge >= 0.3 is 0 Å². The molecule has 7 nitrogen and oxygen atoms in total. The van der Waals surface area contributed by atoms with E-state index in [1.807, 2.05) is 49.4 Å². The second kappa shape index (κ2) is 9.29. The molecule has 5 aromatic rings. The first-order valence-electron chi connectivity index (χ1n) is 10.6. The Hall–Kier alpha value is -4.30. The highest BCUT2D eigenvalue weighted by Gasteiger charge is 2.11. The van der Waals surface area contributed by atoms with E-state index in [1.165, 1.54) is 11.3 Å². The first-order chi connectivity index (χ1) is 16.5. The van der Waals surface area contributed by atoms with Gasteiger partial charge in [-0.15, -0.1) is 0 Å². The first kappa shape index (κ1) is 21.5. The molecule has 0 bridgehead atoms. The normalized spacial score (nSPS) is 10.9. The molecule has 0 saturated heterocycles. The van der Waals surface area contributed by atoms with Crippen LogP contribution in [0.15, 0.2) is 79.1 Å². The number of hydrogen-bond acceptors (Lipinski definition) is 6. The monoisotopic (exact) mass is 468 g/mol. The third-order valence-corrected chi connectivity index (χ3v) is 6.11.